The first-order chi connectivity index (χ1) is 23.0. The van der Waals surface area contributed by atoms with Crippen molar-refractivity contribution in [2.45, 2.75) is 43.9 Å². The van der Waals surface area contributed by atoms with E-state index in [-0.39, 0.29) is 43.8 Å². The summed E-state index contributed by atoms with van der Waals surface area (Å²) >= 11 is 0. The maximum Gasteiger partial charge on any atom is 0.127 e. The molecular weight excluding hydrogens is 605 g/mol. The molecule has 5 rings (SSSR count). The Morgan fingerprint density at radius 3 is 2.38 bits per heavy atom. The summed E-state index contributed by atoms with van der Waals surface area (Å²) in [5.41, 5.74) is 2.69. The van der Waals surface area contributed by atoms with Gasteiger partial charge in [-0.1, -0.05) is 36.4 Å². The minimum atomic E-state index is -0.961. The SMILES string of the molecule is COc1ccc(F)cc1COCCCOc1ccc([C@@H]2[C@@H](OCc3cc(OC)c4ccccc4c3)CNC[C@@H]2OC[C@H](O)CO)cc1. The fourth-order valence-corrected chi connectivity index (χ4v) is 5.87. The molecule has 0 unspecified atom stereocenters. The molecule has 1 fully saturated rings. The first kappa shape index (κ1) is 34.6. The number of rotatable bonds is 17. The lowest BCUT2D eigenvalue weighted by Gasteiger charge is -2.39. The van der Waals surface area contributed by atoms with Crippen LogP contribution in [0, 0.1) is 5.82 Å². The Morgan fingerprint density at radius 1 is 0.851 bits per heavy atom. The van der Waals surface area contributed by atoms with Crippen LogP contribution in [0.25, 0.3) is 10.8 Å². The van der Waals surface area contributed by atoms with Crippen molar-refractivity contribution in [1.82, 2.24) is 5.32 Å². The van der Waals surface area contributed by atoms with Crippen molar-refractivity contribution in [1.29, 1.82) is 0 Å². The first-order valence-electron chi connectivity index (χ1n) is 15.9. The summed E-state index contributed by atoms with van der Waals surface area (Å²) in [6.45, 7) is 2.39. The van der Waals surface area contributed by atoms with Crippen LogP contribution < -0.4 is 19.5 Å². The van der Waals surface area contributed by atoms with Gasteiger partial charge in [-0.2, -0.15) is 0 Å². The summed E-state index contributed by atoms with van der Waals surface area (Å²) in [7, 11) is 3.22. The average molecular weight is 650 g/mol. The van der Waals surface area contributed by atoms with E-state index in [0.717, 1.165) is 33.4 Å². The maximum absolute atomic E-state index is 13.6. The van der Waals surface area contributed by atoms with E-state index in [2.05, 4.69) is 17.4 Å². The van der Waals surface area contributed by atoms with Gasteiger partial charge in [0.25, 0.3) is 0 Å². The van der Waals surface area contributed by atoms with E-state index in [4.69, 9.17) is 28.4 Å². The van der Waals surface area contributed by atoms with Crippen LogP contribution in [0.2, 0.25) is 0 Å². The zero-order chi connectivity index (χ0) is 33.0. The second kappa shape index (κ2) is 17.4. The molecule has 0 amide bonds. The topological polar surface area (TPSA) is 108 Å². The van der Waals surface area contributed by atoms with Gasteiger partial charge in [0.05, 0.1) is 66.1 Å². The normalized spacial score (nSPS) is 18.6. The Kier molecular flexibility index (Phi) is 12.8. The van der Waals surface area contributed by atoms with Gasteiger partial charge in [0, 0.05) is 36.4 Å². The maximum atomic E-state index is 13.6. The van der Waals surface area contributed by atoms with E-state index in [0.29, 0.717) is 50.6 Å². The van der Waals surface area contributed by atoms with Gasteiger partial charge in [-0.25, -0.2) is 4.39 Å². The molecule has 4 aromatic carbocycles. The van der Waals surface area contributed by atoms with Crippen LogP contribution >= 0.6 is 0 Å². The number of aliphatic hydroxyl groups excluding tert-OH is 2. The molecule has 1 aliphatic rings. The standard InChI is InChI=1S/C37H44FNO8/c1-42-33-13-10-29(38)18-28(33)23-44-14-5-15-45-31-11-8-26(9-12-31)37-35(19-39-20-36(37)47-24-30(41)21-40)46-22-25-16-27-6-3-4-7-32(27)34(17-25)43-2/h3-4,6-13,16-18,30,35-37,39-41H,5,14-15,19-24H2,1-2H3/t30-,35+,36+,37-/m1/s1. The van der Waals surface area contributed by atoms with E-state index in [1.165, 1.54) is 12.1 Å². The molecule has 0 aromatic heterocycles. The van der Waals surface area contributed by atoms with Crippen LogP contribution in [0.4, 0.5) is 4.39 Å². The predicted molar refractivity (Wildman–Crippen MR) is 177 cm³/mol. The highest BCUT2D eigenvalue weighted by atomic mass is 19.1. The van der Waals surface area contributed by atoms with Crippen molar-refractivity contribution in [2.24, 2.45) is 0 Å². The molecule has 252 valence electrons. The summed E-state index contributed by atoms with van der Waals surface area (Å²) in [5.74, 6) is 1.66. The van der Waals surface area contributed by atoms with Crippen LogP contribution in [-0.2, 0) is 27.4 Å². The number of methoxy groups -OCH3 is 2. The summed E-state index contributed by atoms with van der Waals surface area (Å²) in [6.07, 6.45) is -0.816. The lowest BCUT2D eigenvalue weighted by Crippen LogP contribution is -2.51. The Bertz CT molecular complexity index is 1550. The van der Waals surface area contributed by atoms with Crippen LogP contribution in [0.5, 0.6) is 17.2 Å². The van der Waals surface area contributed by atoms with Gasteiger partial charge in [-0.05, 0) is 59.0 Å². The summed E-state index contributed by atoms with van der Waals surface area (Å²) in [4.78, 5) is 0. The van der Waals surface area contributed by atoms with Crippen LogP contribution in [0.1, 0.15) is 29.0 Å². The Balaban J connectivity index is 1.20. The molecule has 0 bridgehead atoms. The van der Waals surface area contributed by atoms with E-state index in [1.807, 2.05) is 48.5 Å². The van der Waals surface area contributed by atoms with Gasteiger partial charge in [0.15, 0.2) is 0 Å². The van der Waals surface area contributed by atoms with Gasteiger partial charge in [-0.3, -0.25) is 0 Å². The predicted octanol–water partition coefficient (Wildman–Crippen LogP) is 4.99. The highest BCUT2D eigenvalue weighted by Gasteiger charge is 2.36. The van der Waals surface area contributed by atoms with Crippen LogP contribution in [0.15, 0.2) is 78.9 Å². The molecule has 1 aliphatic heterocycles. The van der Waals surface area contributed by atoms with Gasteiger partial charge >= 0.3 is 0 Å². The fraction of sp³-hybridized carbons (Fsp3) is 0.405. The highest BCUT2D eigenvalue weighted by molar-refractivity contribution is 5.89. The lowest BCUT2D eigenvalue weighted by molar-refractivity contribution is -0.0833. The number of halogens is 1. The minimum Gasteiger partial charge on any atom is -0.496 e. The monoisotopic (exact) mass is 649 g/mol. The quantitative estimate of drug-likeness (QED) is 0.136. The average Bonchev–Trinajstić information content (AvgIpc) is 3.11. The summed E-state index contributed by atoms with van der Waals surface area (Å²) < 4.78 is 48.9. The largest absolute Gasteiger partial charge is 0.496 e. The molecule has 0 aliphatic carbocycles. The van der Waals surface area contributed by atoms with Gasteiger partial charge < -0.3 is 44.0 Å². The van der Waals surface area contributed by atoms with E-state index in [9.17, 15) is 14.6 Å². The molecule has 10 heteroatoms. The Hall–Kier alpha value is -3.77. The molecule has 3 N–H and O–H groups in total. The third-order valence-electron chi connectivity index (χ3n) is 8.24. The molecule has 1 heterocycles. The zero-order valence-corrected chi connectivity index (χ0v) is 26.9. The van der Waals surface area contributed by atoms with Gasteiger partial charge in [-0.15, -0.1) is 0 Å². The van der Waals surface area contributed by atoms with Crippen molar-refractivity contribution < 1.29 is 43.0 Å². The second-order valence-electron chi connectivity index (χ2n) is 11.5. The van der Waals surface area contributed by atoms with Crippen molar-refractivity contribution in [3.8, 4) is 17.2 Å². The van der Waals surface area contributed by atoms with Crippen LogP contribution in [-0.4, -0.2) is 82.3 Å². The molecule has 9 nitrogen and oxygen atoms in total. The van der Waals surface area contributed by atoms with E-state index < -0.39 is 6.10 Å². The molecule has 4 atom stereocenters. The van der Waals surface area contributed by atoms with Crippen molar-refractivity contribution in [3.63, 3.8) is 0 Å². The molecule has 0 radical (unpaired) electrons. The number of ether oxygens (including phenoxy) is 6. The van der Waals surface area contributed by atoms with Gasteiger partial charge in [0.1, 0.15) is 29.2 Å². The number of hydrogen-bond donors (Lipinski definition) is 3. The van der Waals surface area contributed by atoms with E-state index in [1.54, 1.807) is 20.3 Å². The second-order valence-corrected chi connectivity index (χ2v) is 11.5. The highest BCUT2D eigenvalue weighted by Crippen LogP contribution is 2.33. The number of benzene rings is 4. The zero-order valence-electron chi connectivity index (χ0n) is 26.9. The molecule has 4 aromatic rings. The smallest absolute Gasteiger partial charge is 0.127 e. The summed E-state index contributed by atoms with van der Waals surface area (Å²) in [6, 6.07) is 24.5. The van der Waals surface area contributed by atoms with Crippen LogP contribution in [0.3, 0.4) is 0 Å². The van der Waals surface area contributed by atoms with Crippen molar-refractivity contribution >= 4 is 10.8 Å². The van der Waals surface area contributed by atoms with Gasteiger partial charge in [0.2, 0.25) is 0 Å². The number of fused-ring (bicyclic) bond motifs is 1. The summed E-state index contributed by atoms with van der Waals surface area (Å²) in [5, 5.41) is 24.9. The molecule has 1 saturated heterocycles. The molecule has 0 saturated carbocycles. The molecule has 0 spiro atoms. The lowest BCUT2D eigenvalue weighted by atomic mass is 9.85. The van der Waals surface area contributed by atoms with E-state index >= 15 is 0 Å². The first-order valence-corrected chi connectivity index (χ1v) is 15.9. The minimum absolute atomic E-state index is 0.0171. The third-order valence-corrected chi connectivity index (χ3v) is 8.24. The van der Waals surface area contributed by atoms with Crippen molar-refractivity contribution in [3.05, 3.63) is 101 Å². The van der Waals surface area contributed by atoms with Crippen molar-refractivity contribution in [2.75, 3.05) is 53.7 Å². The number of nitrogens with one attached hydrogen (secondary N) is 1. The third kappa shape index (κ3) is 9.41. The fourth-order valence-electron chi connectivity index (χ4n) is 5.87. The number of aliphatic hydroxyl groups is 2. The Labute approximate surface area is 275 Å². The molecular formula is C37H44FNO8. The number of hydrogen-bond acceptors (Lipinski definition) is 9. The Morgan fingerprint density at radius 2 is 1.62 bits per heavy atom. The molecule has 47 heavy (non-hydrogen) atoms. The number of piperidine rings is 1.